The van der Waals surface area contributed by atoms with Gasteiger partial charge in [-0.05, 0) is 45.2 Å². The van der Waals surface area contributed by atoms with Crippen LogP contribution >= 0.6 is 0 Å². The first-order chi connectivity index (χ1) is 10.7. The molecule has 0 radical (unpaired) electrons. The number of benzene rings is 1. The van der Waals surface area contributed by atoms with Crippen LogP contribution in [-0.4, -0.2) is 24.2 Å². The second kappa shape index (κ2) is 6.22. The van der Waals surface area contributed by atoms with Gasteiger partial charge in [-0.2, -0.15) is 0 Å². The predicted octanol–water partition coefficient (Wildman–Crippen LogP) is 3.53. The molecule has 1 aromatic carbocycles. The molecule has 0 saturated carbocycles. The van der Waals surface area contributed by atoms with Crippen LogP contribution < -0.4 is 10.2 Å². The topological polar surface area (TPSA) is 58.4 Å². The molecule has 1 aliphatic heterocycles. The Morgan fingerprint density at radius 2 is 1.91 bits per heavy atom. The van der Waals surface area contributed by atoms with Crippen molar-refractivity contribution in [2.45, 2.75) is 33.1 Å². The normalized spacial score (nSPS) is 14.9. The van der Waals surface area contributed by atoms with Gasteiger partial charge in [0, 0.05) is 13.1 Å². The van der Waals surface area contributed by atoms with Crippen LogP contribution in [0.2, 0.25) is 0 Å². The Labute approximate surface area is 130 Å². The van der Waals surface area contributed by atoms with E-state index in [1.807, 2.05) is 18.2 Å². The lowest BCUT2D eigenvalue weighted by molar-refractivity contribution is 0.102. The smallest absolute Gasteiger partial charge is 0.261 e. The minimum Gasteiger partial charge on any atom is -0.370 e. The molecular formula is C17H21N3O2. The summed E-state index contributed by atoms with van der Waals surface area (Å²) in [5, 5.41) is 6.86. The number of nitrogens with zero attached hydrogens (tertiary/aromatic N) is 2. The van der Waals surface area contributed by atoms with Crippen LogP contribution in [0.3, 0.4) is 0 Å². The molecule has 22 heavy (non-hydrogen) atoms. The highest BCUT2D eigenvalue weighted by Crippen LogP contribution is 2.29. The molecule has 1 aromatic heterocycles. The molecule has 0 aliphatic carbocycles. The van der Waals surface area contributed by atoms with Gasteiger partial charge in [0.25, 0.3) is 5.91 Å². The van der Waals surface area contributed by atoms with Crippen molar-refractivity contribution in [3.8, 4) is 0 Å². The summed E-state index contributed by atoms with van der Waals surface area (Å²) < 4.78 is 5.08. The largest absolute Gasteiger partial charge is 0.370 e. The van der Waals surface area contributed by atoms with Gasteiger partial charge in [-0.3, -0.25) is 4.79 Å². The summed E-state index contributed by atoms with van der Waals surface area (Å²) in [6, 6.07) is 7.96. The van der Waals surface area contributed by atoms with Gasteiger partial charge in [-0.1, -0.05) is 17.3 Å². The van der Waals surface area contributed by atoms with E-state index in [-0.39, 0.29) is 5.91 Å². The first-order valence-corrected chi connectivity index (χ1v) is 7.75. The SMILES string of the molecule is Cc1noc(C)c1C(=O)Nc1ccccc1N1CCCCC1. The van der Waals surface area contributed by atoms with E-state index in [2.05, 4.69) is 21.4 Å². The van der Waals surface area contributed by atoms with Gasteiger partial charge in [0.15, 0.2) is 0 Å². The minimum atomic E-state index is -0.166. The number of piperidine rings is 1. The fourth-order valence-corrected chi connectivity index (χ4v) is 2.98. The number of rotatable bonds is 3. The van der Waals surface area contributed by atoms with Crippen LogP contribution in [0.4, 0.5) is 11.4 Å². The van der Waals surface area contributed by atoms with E-state index >= 15 is 0 Å². The summed E-state index contributed by atoms with van der Waals surface area (Å²) in [4.78, 5) is 14.9. The van der Waals surface area contributed by atoms with Crippen molar-refractivity contribution in [2.24, 2.45) is 0 Å². The molecule has 1 N–H and O–H groups in total. The van der Waals surface area contributed by atoms with Crippen molar-refractivity contribution in [3.05, 3.63) is 41.3 Å². The average molecular weight is 299 g/mol. The predicted molar refractivity (Wildman–Crippen MR) is 86.4 cm³/mol. The number of anilines is 2. The van der Waals surface area contributed by atoms with E-state index in [1.165, 1.54) is 19.3 Å². The molecule has 2 heterocycles. The summed E-state index contributed by atoms with van der Waals surface area (Å²) in [7, 11) is 0. The van der Waals surface area contributed by atoms with Crippen LogP contribution in [0.15, 0.2) is 28.8 Å². The molecule has 0 bridgehead atoms. The molecule has 0 atom stereocenters. The lowest BCUT2D eigenvalue weighted by Crippen LogP contribution is -2.30. The summed E-state index contributed by atoms with van der Waals surface area (Å²) in [6.45, 7) is 5.61. The summed E-state index contributed by atoms with van der Waals surface area (Å²) in [5.41, 5.74) is 3.07. The van der Waals surface area contributed by atoms with Crippen molar-refractivity contribution < 1.29 is 9.32 Å². The van der Waals surface area contributed by atoms with Crippen molar-refractivity contribution in [1.29, 1.82) is 0 Å². The number of aromatic nitrogens is 1. The molecular weight excluding hydrogens is 278 g/mol. The fraction of sp³-hybridized carbons (Fsp3) is 0.412. The number of carbonyl (C=O) groups is 1. The lowest BCUT2D eigenvalue weighted by atomic mass is 10.1. The molecule has 1 fully saturated rings. The molecule has 0 unspecified atom stereocenters. The molecule has 2 aromatic rings. The van der Waals surface area contributed by atoms with Crippen LogP contribution in [-0.2, 0) is 0 Å². The Kier molecular flexibility index (Phi) is 4.13. The number of carbonyl (C=O) groups excluding carboxylic acids is 1. The van der Waals surface area contributed by atoms with Gasteiger partial charge in [-0.15, -0.1) is 0 Å². The van der Waals surface area contributed by atoms with Gasteiger partial charge in [0.1, 0.15) is 11.3 Å². The summed E-state index contributed by atoms with van der Waals surface area (Å²) in [6.07, 6.45) is 3.68. The molecule has 5 heteroatoms. The van der Waals surface area contributed by atoms with Crippen molar-refractivity contribution in [2.75, 3.05) is 23.3 Å². The second-order valence-corrected chi connectivity index (χ2v) is 5.72. The molecule has 0 spiro atoms. The van der Waals surface area contributed by atoms with E-state index in [1.54, 1.807) is 13.8 Å². The maximum absolute atomic E-state index is 12.5. The molecule has 116 valence electrons. The molecule has 1 amide bonds. The Morgan fingerprint density at radius 1 is 1.18 bits per heavy atom. The highest BCUT2D eigenvalue weighted by atomic mass is 16.5. The third kappa shape index (κ3) is 2.84. The lowest BCUT2D eigenvalue weighted by Gasteiger charge is -2.30. The van der Waals surface area contributed by atoms with Crippen LogP contribution in [0.5, 0.6) is 0 Å². The number of para-hydroxylation sites is 2. The zero-order valence-electron chi connectivity index (χ0n) is 13.1. The number of hydrogen-bond donors (Lipinski definition) is 1. The van der Waals surface area contributed by atoms with Crippen LogP contribution in [0, 0.1) is 13.8 Å². The Balaban J connectivity index is 1.85. The first kappa shape index (κ1) is 14.6. The Hall–Kier alpha value is -2.30. The monoisotopic (exact) mass is 299 g/mol. The zero-order chi connectivity index (χ0) is 15.5. The molecule has 3 rings (SSSR count). The Morgan fingerprint density at radius 3 is 2.59 bits per heavy atom. The average Bonchev–Trinajstić information content (AvgIpc) is 2.87. The molecule has 5 nitrogen and oxygen atoms in total. The van der Waals surface area contributed by atoms with Gasteiger partial charge in [-0.25, -0.2) is 0 Å². The van der Waals surface area contributed by atoms with Gasteiger partial charge >= 0.3 is 0 Å². The second-order valence-electron chi connectivity index (χ2n) is 5.72. The van der Waals surface area contributed by atoms with E-state index in [0.717, 1.165) is 24.5 Å². The third-order valence-electron chi connectivity index (χ3n) is 4.11. The highest BCUT2D eigenvalue weighted by molar-refractivity contribution is 6.07. The maximum atomic E-state index is 12.5. The van der Waals surface area contributed by atoms with Crippen LogP contribution in [0.1, 0.15) is 41.1 Å². The third-order valence-corrected chi connectivity index (χ3v) is 4.11. The minimum absolute atomic E-state index is 0.166. The zero-order valence-corrected chi connectivity index (χ0v) is 13.1. The van der Waals surface area contributed by atoms with Crippen molar-refractivity contribution >= 4 is 17.3 Å². The maximum Gasteiger partial charge on any atom is 0.261 e. The van der Waals surface area contributed by atoms with Gasteiger partial charge in [0.2, 0.25) is 0 Å². The Bertz CT molecular complexity index is 653. The van der Waals surface area contributed by atoms with E-state index in [0.29, 0.717) is 17.0 Å². The molecule has 1 aliphatic rings. The van der Waals surface area contributed by atoms with E-state index in [9.17, 15) is 4.79 Å². The van der Waals surface area contributed by atoms with E-state index < -0.39 is 0 Å². The number of nitrogens with one attached hydrogen (secondary N) is 1. The fourth-order valence-electron chi connectivity index (χ4n) is 2.98. The quantitative estimate of drug-likeness (QED) is 0.942. The number of hydrogen-bond acceptors (Lipinski definition) is 4. The molecule has 1 saturated heterocycles. The highest BCUT2D eigenvalue weighted by Gasteiger charge is 2.20. The summed E-state index contributed by atoms with van der Waals surface area (Å²) >= 11 is 0. The number of amides is 1. The van der Waals surface area contributed by atoms with Crippen molar-refractivity contribution in [3.63, 3.8) is 0 Å². The number of aryl methyl sites for hydroxylation is 2. The van der Waals surface area contributed by atoms with Gasteiger partial charge < -0.3 is 14.7 Å². The standard InChI is InChI=1S/C17H21N3O2/c1-12-16(13(2)22-19-12)17(21)18-14-8-4-5-9-15(14)20-10-6-3-7-11-20/h4-5,8-9H,3,6-7,10-11H2,1-2H3,(H,18,21). The van der Waals surface area contributed by atoms with E-state index in [4.69, 9.17) is 4.52 Å². The summed E-state index contributed by atoms with van der Waals surface area (Å²) in [5.74, 6) is 0.381. The van der Waals surface area contributed by atoms with Crippen molar-refractivity contribution in [1.82, 2.24) is 5.16 Å². The van der Waals surface area contributed by atoms with Crippen LogP contribution in [0.25, 0.3) is 0 Å². The first-order valence-electron chi connectivity index (χ1n) is 7.75. The van der Waals surface area contributed by atoms with Gasteiger partial charge in [0.05, 0.1) is 17.1 Å².